The fourth-order valence-corrected chi connectivity index (χ4v) is 6.42. The van der Waals surface area contributed by atoms with E-state index in [2.05, 4.69) is 122 Å². The third kappa shape index (κ3) is 9.88. The maximum absolute atomic E-state index is 4.61. The second-order valence-corrected chi connectivity index (χ2v) is 13.4. The van der Waals surface area contributed by atoms with Crippen LogP contribution in [0.2, 0.25) is 0 Å². The molecule has 0 radical (unpaired) electrons. The summed E-state index contributed by atoms with van der Waals surface area (Å²) in [5.74, 6) is 1.73. The topological polar surface area (TPSA) is 0 Å². The summed E-state index contributed by atoms with van der Waals surface area (Å²) in [6.07, 6.45) is 18.6. The molecule has 0 nitrogen and oxygen atoms in total. The number of benzene rings is 2. The van der Waals surface area contributed by atoms with E-state index in [4.69, 9.17) is 0 Å². The van der Waals surface area contributed by atoms with E-state index in [-0.39, 0.29) is 0 Å². The zero-order valence-corrected chi connectivity index (χ0v) is 27.1. The molecule has 0 spiro atoms. The van der Waals surface area contributed by atoms with Crippen molar-refractivity contribution in [3.8, 4) is 11.1 Å². The lowest BCUT2D eigenvalue weighted by Crippen LogP contribution is -2.25. The van der Waals surface area contributed by atoms with Gasteiger partial charge in [0.15, 0.2) is 0 Å². The van der Waals surface area contributed by atoms with E-state index in [0.717, 1.165) is 43.9 Å². The molecule has 0 heteroatoms. The fraction of sp³-hybridized carbons (Fsp3) is 0.463. The number of aryl methyl sites for hydroxylation is 1. The molecule has 41 heavy (non-hydrogen) atoms. The van der Waals surface area contributed by atoms with Gasteiger partial charge in [0.1, 0.15) is 0 Å². The molecule has 0 amide bonds. The van der Waals surface area contributed by atoms with Crippen LogP contribution in [-0.4, -0.2) is 0 Å². The zero-order chi connectivity index (χ0) is 30.0. The van der Waals surface area contributed by atoms with Crippen LogP contribution < -0.4 is 0 Å². The molecule has 3 rings (SSSR count). The Labute approximate surface area is 253 Å². The van der Waals surface area contributed by atoms with Gasteiger partial charge in [-0.05, 0) is 139 Å². The molecule has 0 aliphatic heterocycles. The molecular formula is C41H56. The number of rotatable bonds is 14. The molecular weight excluding hydrogens is 492 g/mol. The van der Waals surface area contributed by atoms with Gasteiger partial charge in [-0.25, -0.2) is 0 Å². The van der Waals surface area contributed by atoms with E-state index < -0.39 is 0 Å². The lowest BCUT2D eigenvalue weighted by atomic mass is 9.67. The van der Waals surface area contributed by atoms with Crippen LogP contribution in [0.25, 0.3) is 22.3 Å². The Morgan fingerprint density at radius 1 is 0.927 bits per heavy atom. The van der Waals surface area contributed by atoms with Gasteiger partial charge in [0.05, 0.1) is 0 Å². The first-order chi connectivity index (χ1) is 19.5. The fourth-order valence-electron chi connectivity index (χ4n) is 6.42. The maximum atomic E-state index is 4.61. The van der Waals surface area contributed by atoms with Crippen molar-refractivity contribution in [3.05, 3.63) is 108 Å². The lowest BCUT2D eigenvalue weighted by molar-refractivity contribution is 0.161. The zero-order valence-electron chi connectivity index (χ0n) is 27.1. The van der Waals surface area contributed by atoms with Crippen LogP contribution in [0.4, 0.5) is 0 Å². The minimum Gasteiger partial charge on any atom is -0.0958 e. The smallest absolute Gasteiger partial charge is 0.0178 e. The van der Waals surface area contributed by atoms with E-state index in [1.807, 2.05) is 0 Å². The SMILES string of the molecule is C=C(C=C(C=CCC)CCC(=C)c1ccc(-c2ccc(C)c(C(=C)CC3(C)CCC(CC(C)C)CC3)c2)cc1)CC. The molecule has 2 aromatic rings. The molecule has 0 unspecified atom stereocenters. The predicted octanol–water partition coefficient (Wildman–Crippen LogP) is 13.0. The second-order valence-electron chi connectivity index (χ2n) is 13.4. The minimum atomic E-state index is 0.375. The van der Waals surface area contributed by atoms with Gasteiger partial charge in [0.2, 0.25) is 0 Å². The van der Waals surface area contributed by atoms with Gasteiger partial charge in [0.25, 0.3) is 0 Å². The van der Waals surface area contributed by atoms with Crippen molar-refractivity contribution < 1.29 is 0 Å². The largest absolute Gasteiger partial charge is 0.0958 e. The monoisotopic (exact) mass is 548 g/mol. The molecule has 1 aliphatic carbocycles. The Morgan fingerprint density at radius 3 is 2.20 bits per heavy atom. The van der Waals surface area contributed by atoms with Gasteiger partial charge in [-0.15, -0.1) is 0 Å². The number of hydrogen-bond acceptors (Lipinski definition) is 0. The van der Waals surface area contributed by atoms with Crippen molar-refractivity contribution in [1.29, 1.82) is 0 Å². The Balaban J connectivity index is 1.66. The molecule has 2 aromatic carbocycles. The molecule has 220 valence electrons. The Morgan fingerprint density at radius 2 is 1.59 bits per heavy atom. The normalized spacial score (nSPS) is 19.6. The molecule has 0 atom stereocenters. The van der Waals surface area contributed by atoms with Crippen LogP contribution in [0.5, 0.6) is 0 Å². The van der Waals surface area contributed by atoms with Crippen molar-refractivity contribution >= 4 is 11.1 Å². The molecule has 0 bridgehead atoms. The summed E-state index contributed by atoms with van der Waals surface area (Å²) in [4.78, 5) is 0. The van der Waals surface area contributed by atoms with Gasteiger partial charge < -0.3 is 0 Å². The number of allylic oxidation sites excluding steroid dienone is 7. The first-order valence-corrected chi connectivity index (χ1v) is 16.2. The summed E-state index contributed by atoms with van der Waals surface area (Å²) in [6.45, 7) is 27.0. The highest BCUT2D eigenvalue weighted by atomic mass is 14.4. The van der Waals surface area contributed by atoms with Crippen molar-refractivity contribution in [2.24, 2.45) is 17.3 Å². The summed E-state index contributed by atoms with van der Waals surface area (Å²) in [6, 6.07) is 15.9. The van der Waals surface area contributed by atoms with E-state index in [0.29, 0.717) is 5.41 Å². The second kappa shape index (κ2) is 15.4. The highest BCUT2D eigenvalue weighted by Gasteiger charge is 2.32. The van der Waals surface area contributed by atoms with Gasteiger partial charge in [0, 0.05) is 0 Å². The Hall–Kier alpha value is -2.86. The number of hydrogen-bond donors (Lipinski definition) is 0. The molecule has 1 saturated carbocycles. The summed E-state index contributed by atoms with van der Waals surface area (Å²) in [5, 5.41) is 0. The molecule has 0 saturated heterocycles. The maximum Gasteiger partial charge on any atom is -0.0178 e. The van der Waals surface area contributed by atoms with Crippen molar-refractivity contribution in [2.45, 2.75) is 106 Å². The molecule has 0 N–H and O–H groups in total. The third-order valence-electron chi connectivity index (χ3n) is 9.13. The van der Waals surface area contributed by atoms with Gasteiger partial charge >= 0.3 is 0 Å². The van der Waals surface area contributed by atoms with E-state index in [1.165, 1.54) is 82.2 Å². The van der Waals surface area contributed by atoms with Crippen molar-refractivity contribution in [2.75, 3.05) is 0 Å². The van der Waals surface area contributed by atoms with Gasteiger partial charge in [-0.1, -0.05) is 115 Å². The Kier molecular flexibility index (Phi) is 12.3. The molecule has 0 heterocycles. The van der Waals surface area contributed by atoms with Crippen LogP contribution >= 0.6 is 0 Å². The predicted molar refractivity (Wildman–Crippen MR) is 185 cm³/mol. The van der Waals surface area contributed by atoms with E-state index in [9.17, 15) is 0 Å². The first kappa shape index (κ1) is 32.7. The standard InChI is InChI=1S/C41H56/c1-10-12-13-35(27-31(5)11-2)16-14-32(6)37-18-20-38(21-19-37)39-17-15-33(7)40(28-39)34(8)29-41(9)24-22-36(23-25-41)26-30(3)4/h12-13,15,17-21,27-28,30,36H,5-6,8,10-11,14,16,22-26,29H2,1-4,7,9H3. The molecule has 1 fully saturated rings. The summed E-state index contributed by atoms with van der Waals surface area (Å²) in [7, 11) is 0. The average molecular weight is 549 g/mol. The summed E-state index contributed by atoms with van der Waals surface area (Å²) in [5.41, 5.74) is 11.8. The molecule has 1 aliphatic rings. The van der Waals surface area contributed by atoms with Crippen LogP contribution in [-0.2, 0) is 0 Å². The lowest BCUT2D eigenvalue weighted by Gasteiger charge is -2.38. The first-order valence-electron chi connectivity index (χ1n) is 16.2. The van der Waals surface area contributed by atoms with E-state index >= 15 is 0 Å². The Bertz CT molecular complexity index is 1240. The third-order valence-corrected chi connectivity index (χ3v) is 9.13. The van der Waals surface area contributed by atoms with Crippen LogP contribution in [0.3, 0.4) is 0 Å². The van der Waals surface area contributed by atoms with Gasteiger partial charge in [-0.3, -0.25) is 0 Å². The van der Waals surface area contributed by atoms with Crippen molar-refractivity contribution in [1.82, 2.24) is 0 Å². The minimum absolute atomic E-state index is 0.375. The highest BCUT2D eigenvalue weighted by molar-refractivity contribution is 5.75. The quantitative estimate of drug-likeness (QED) is 0.206. The average Bonchev–Trinajstić information content (AvgIpc) is 2.95. The highest BCUT2D eigenvalue weighted by Crippen LogP contribution is 2.46. The van der Waals surface area contributed by atoms with Crippen molar-refractivity contribution in [3.63, 3.8) is 0 Å². The van der Waals surface area contributed by atoms with Crippen LogP contribution in [0, 0.1) is 24.2 Å². The van der Waals surface area contributed by atoms with E-state index in [1.54, 1.807) is 0 Å². The van der Waals surface area contributed by atoms with Gasteiger partial charge in [-0.2, -0.15) is 0 Å². The van der Waals surface area contributed by atoms with Crippen LogP contribution in [0.15, 0.2) is 91.6 Å². The van der Waals surface area contributed by atoms with Crippen LogP contribution in [0.1, 0.15) is 116 Å². The molecule has 0 aromatic heterocycles. The summed E-state index contributed by atoms with van der Waals surface area (Å²) < 4.78 is 0. The summed E-state index contributed by atoms with van der Waals surface area (Å²) >= 11 is 0.